The first-order chi connectivity index (χ1) is 24.0. The van der Waals surface area contributed by atoms with Crippen molar-refractivity contribution in [1.29, 1.82) is 0 Å². The van der Waals surface area contributed by atoms with Crippen LogP contribution in [0.25, 0.3) is 10.2 Å². The van der Waals surface area contributed by atoms with Gasteiger partial charge in [-0.25, -0.2) is 4.79 Å². The Hall–Kier alpha value is -5.04. The first-order valence-electron chi connectivity index (χ1n) is 16.6. The lowest BCUT2D eigenvalue weighted by Crippen LogP contribution is -2.36. The Morgan fingerprint density at radius 3 is 2.27 bits per heavy atom. The van der Waals surface area contributed by atoms with Gasteiger partial charge in [-0.1, -0.05) is 60.7 Å². The molecule has 2 amide bonds. The molecule has 0 aliphatic carbocycles. The number of hydrogen-bond acceptors (Lipinski definition) is 9. The number of likely N-dealkylation sites (tertiary alicyclic amines) is 1. The molecule has 3 aromatic carbocycles. The number of carbonyl (C=O) groups excluding carboxylic acids is 3. The van der Waals surface area contributed by atoms with Gasteiger partial charge in [-0.3, -0.25) is 9.59 Å². The van der Waals surface area contributed by atoms with Crippen LogP contribution in [0.3, 0.4) is 0 Å². The highest BCUT2D eigenvalue weighted by Crippen LogP contribution is 2.33. The van der Waals surface area contributed by atoms with Crippen LogP contribution in [0, 0.1) is 0 Å². The molecular formula is C37H38N6O5S. The summed E-state index contributed by atoms with van der Waals surface area (Å²) in [5, 5.41) is 10.6. The van der Waals surface area contributed by atoms with E-state index in [1.165, 1.54) is 11.3 Å². The van der Waals surface area contributed by atoms with E-state index in [1.54, 1.807) is 18.2 Å². The molecule has 2 aromatic heterocycles. The molecule has 5 aromatic rings. The zero-order chi connectivity index (χ0) is 33.6. The van der Waals surface area contributed by atoms with Crippen molar-refractivity contribution in [2.75, 3.05) is 56.2 Å². The van der Waals surface area contributed by atoms with Gasteiger partial charge in [-0.2, -0.15) is 4.68 Å². The maximum atomic E-state index is 13.8. The van der Waals surface area contributed by atoms with Crippen LogP contribution in [0.5, 0.6) is 0 Å². The fraction of sp³-hybridized carbons (Fsp3) is 0.297. The highest BCUT2D eigenvalue weighted by atomic mass is 32.1. The topological polar surface area (TPSA) is 118 Å². The molecule has 1 atom stereocenters. The van der Waals surface area contributed by atoms with Gasteiger partial charge in [0.1, 0.15) is 6.61 Å². The SMILES string of the molecule is O=C(Nc1nn(C(=O)OCc2ccccc2)c2cc(C(=O)N[C@H](CN3CCCC3)c3ccccc3)sc12)c1ccc(N2CCOCC2)cc1. The number of amides is 2. The minimum absolute atomic E-state index is 0.0466. The molecule has 0 radical (unpaired) electrons. The maximum absolute atomic E-state index is 13.8. The van der Waals surface area contributed by atoms with Gasteiger partial charge in [-0.05, 0) is 67.4 Å². The lowest BCUT2D eigenvalue weighted by Gasteiger charge is -2.28. The number of aromatic nitrogens is 2. The zero-order valence-corrected chi connectivity index (χ0v) is 27.9. The molecule has 49 heavy (non-hydrogen) atoms. The second-order valence-corrected chi connectivity index (χ2v) is 13.2. The van der Waals surface area contributed by atoms with Crippen molar-refractivity contribution >= 4 is 51.0 Å². The summed E-state index contributed by atoms with van der Waals surface area (Å²) in [5.41, 5.74) is 3.67. The van der Waals surface area contributed by atoms with Crippen molar-refractivity contribution in [2.24, 2.45) is 0 Å². The van der Waals surface area contributed by atoms with Crippen LogP contribution in [0.15, 0.2) is 91.0 Å². The number of anilines is 2. The van der Waals surface area contributed by atoms with Crippen LogP contribution in [0.4, 0.5) is 16.3 Å². The molecule has 12 heteroatoms. The average molecular weight is 679 g/mol. The Morgan fingerprint density at radius 1 is 0.857 bits per heavy atom. The number of carbonyl (C=O) groups is 3. The Labute approximate surface area is 288 Å². The molecule has 2 saturated heterocycles. The van der Waals surface area contributed by atoms with E-state index >= 15 is 0 Å². The quantitative estimate of drug-likeness (QED) is 0.187. The number of nitrogens with zero attached hydrogens (tertiary/aromatic N) is 4. The van der Waals surface area contributed by atoms with E-state index in [0.717, 1.165) is 60.5 Å². The number of fused-ring (bicyclic) bond motifs is 1. The predicted octanol–water partition coefficient (Wildman–Crippen LogP) is 5.94. The molecule has 2 aliphatic heterocycles. The summed E-state index contributed by atoms with van der Waals surface area (Å²) in [7, 11) is 0. The molecule has 2 N–H and O–H groups in total. The van der Waals surface area contributed by atoms with Gasteiger partial charge < -0.3 is 29.9 Å². The smallest absolute Gasteiger partial charge is 0.435 e. The number of thiophene rings is 1. The standard InChI is InChI=1S/C37H38N6O5S/c44-35(28-13-15-29(16-14-28)42-19-21-47-22-20-42)39-34-33-31(43(40-34)37(46)48-25-26-9-3-1-4-10-26)23-32(49-33)36(45)38-30(24-41-17-7-8-18-41)27-11-5-2-6-12-27/h1-6,9-16,23,30H,7-8,17-22,24-25H2,(H,38,45)(H,39,40,44)/t30-/m1/s1. The van der Waals surface area contributed by atoms with Crippen LogP contribution >= 0.6 is 11.3 Å². The van der Waals surface area contributed by atoms with Gasteiger partial charge in [0.25, 0.3) is 11.8 Å². The van der Waals surface area contributed by atoms with Crippen molar-refractivity contribution < 1.29 is 23.9 Å². The van der Waals surface area contributed by atoms with Gasteiger partial charge in [0, 0.05) is 30.9 Å². The van der Waals surface area contributed by atoms with Crippen molar-refractivity contribution in [3.63, 3.8) is 0 Å². The minimum Gasteiger partial charge on any atom is -0.443 e. The first-order valence-corrected chi connectivity index (χ1v) is 17.4. The molecule has 0 spiro atoms. The van der Waals surface area contributed by atoms with Crippen LogP contribution < -0.4 is 15.5 Å². The number of rotatable bonds is 10. The van der Waals surface area contributed by atoms with Crippen LogP contribution in [-0.4, -0.2) is 78.5 Å². The largest absolute Gasteiger partial charge is 0.443 e. The number of ether oxygens (including phenoxy) is 2. The third-order valence-corrected chi connectivity index (χ3v) is 9.97. The molecule has 11 nitrogen and oxygen atoms in total. The Kier molecular flexibility index (Phi) is 9.96. The molecule has 252 valence electrons. The van der Waals surface area contributed by atoms with Crippen LogP contribution in [0.1, 0.15) is 50.0 Å². The predicted molar refractivity (Wildman–Crippen MR) is 189 cm³/mol. The van der Waals surface area contributed by atoms with Crippen molar-refractivity contribution in [3.05, 3.63) is 113 Å². The number of benzene rings is 3. The molecule has 2 aliphatic rings. The molecular weight excluding hydrogens is 641 g/mol. The van der Waals surface area contributed by atoms with Crippen LogP contribution in [-0.2, 0) is 16.1 Å². The molecule has 7 rings (SSSR count). The highest BCUT2D eigenvalue weighted by molar-refractivity contribution is 7.21. The summed E-state index contributed by atoms with van der Waals surface area (Å²) in [4.78, 5) is 45.6. The molecule has 2 fully saturated rings. The lowest BCUT2D eigenvalue weighted by atomic mass is 10.1. The van der Waals surface area contributed by atoms with Crippen molar-refractivity contribution in [2.45, 2.75) is 25.5 Å². The fourth-order valence-electron chi connectivity index (χ4n) is 6.22. The van der Waals surface area contributed by atoms with E-state index in [0.29, 0.717) is 40.4 Å². The third kappa shape index (κ3) is 7.67. The summed E-state index contributed by atoms with van der Waals surface area (Å²) < 4.78 is 12.7. The van der Waals surface area contributed by atoms with E-state index in [-0.39, 0.29) is 30.3 Å². The average Bonchev–Trinajstić information content (AvgIpc) is 3.90. The van der Waals surface area contributed by atoms with E-state index in [1.807, 2.05) is 72.8 Å². The molecule has 0 bridgehead atoms. The summed E-state index contributed by atoms with van der Waals surface area (Å²) in [6.45, 7) is 5.67. The lowest BCUT2D eigenvalue weighted by molar-refractivity contribution is 0.0930. The molecule has 4 heterocycles. The fourth-order valence-corrected chi connectivity index (χ4v) is 7.20. The van der Waals surface area contributed by atoms with Gasteiger partial charge in [0.15, 0.2) is 5.82 Å². The molecule has 0 saturated carbocycles. The van der Waals surface area contributed by atoms with Crippen molar-refractivity contribution in [3.8, 4) is 0 Å². The number of morpholine rings is 1. The monoisotopic (exact) mass is 678 g/mol. The van der Waals surface area contributed by atoms with Crippen LogP contribution in [0.2, 0.25) is 0 Å². The maximum Gasteiger partial charge on any atom is 0.435 e. The zero-order valence-electron chi connectivity index (χ0n) is 27.0. The summed E-state index contributed by atoms with van der Waals surface area (Å²) in [6.07, 6.45) is 1.58. The minimum atomic E-state index is -0.717. The number of hydrogen-bond donors (Lipinski definition) is 2. The summed E-state index contributed by atoms with van der Waals surface area (Å²) in [6, 6.07) is 28.1. The van der Waals surface area contributed by atoms with E-state index in [4.69, 9.17) is 9.47 Å². The van der Waals surface area contributed by atoms with Gasteiger partial charge in [-0.15, -0.1) is 16.4 Å². The van der Waals surface area contributed by atoms with Gasteiger partial charge in [0.05, 0.1) is 34.3 Å². The Bertz CT molecular complexity index is 1900. The Balaban J connectivity index is 1.15. The van der Waals surface area contributed by atoms with E-state index in [9.17, 15) is 14.4 Å². The second kappa shape index (κ2) is 15.0. The third-order valence-electron chi connectivity index (χ3n) is 8.84. The van der Waals surface area contributed by atoms with E-state index in [2.05, 4.69) is 25.5 Å². The second-order valence-electron chi connectivity index (χ2n) is 12.2. The Morgan fingerprint density at radius 2 is 1.55 bits per heavy atom. The highest BCUT2D eigenvalue weighted by Gasteiger charge is 2.26. The normalized spacial score (nSPS) is 15.6. The summed E-state index contributed by atoms with van der Waals surface area (Å²) in [5.74, 6) is -0.476. The van der Waals surface area contributed by atoms with Gasteiger partial charge >= 0.3 is 6.09 Å². The number of nitrogens with one attached hydrogen (secondary N) is 2. The summed E-state index contributed by atoms with van der Waals surface area (Å²) >= 11 is 1.17. The van der Waals surface area contributed by atoms with Gasteiger partial charge in [0.2, 0.25) is 0 Å². The van der Waals surface area contributed by atoms with Crippen molar-refractivity contribution in [1.82, 2.24) is 20.0 Å². The first kappa shape index (κ1) is 32.5. The van der Waals surface area contributed by atoms with E-state index < -0.39 is 6.09 Å². The molecule has 0 unspecified atom stereocenters.